The Bertz CT molecular complexity index is 1440. The number of hydrogen-bond acceptors (Lipinski definition) is 5. The fraction of sp³-hybridized carbons (Fsp3) is 0.148. The van der Waals surface area contributed by atoms with Gasteiger partial charge in [0, 0.05) is 28.4 Å². The van der Waals surface area contributed by atoms with E-state index in [1.165, 1.54) is 0 Å². The van der Waals surface area contributed by atoms with Crippen molar-refractivity contribution in [3.63, 3.8) is 0 Å². The Morgan fingerprint density at radius 1 is 1.00 bits per heavy atom. The average molecular weight is 454 g/mol. The van der Waals surface area contributed by atoms with E-state index < -0.39 is 0 Å². The molecule has 0 unspecified atom stereocenters. The van der Waals surface area contributed by atoms with Crippen molar-refractivity contribution >= 4 is 28.2 Å². The second kappa shape index (κ2) is 9.00. The first-order chi connectivity index (χ1) is 16.1. The Morgan fingerprint density at radius 2 is 1.82 bits per heavy atom. The van der Waals surface area contributed by atoms with Crippen LogP contribution in [0.15, 0.2) is 76.6 Å². The molecule has 6 heteroatoms. The standard InChI is InChI=1S/C27H23N3O2S/c1-17-11-18(2)26-22(12-17)23(30-32-26)14-25(31)28-15-19-7-6-10-21(13-19)27-29-24(16-33-27)20-8-4-3-5-9-20/h3-13,16H,14-15H2,1-2H3,(H,28,31). The first-order valence-corrected chi connectivity index (χ1v) is 11.7. The summed E-state index contributed by atoms with van der Waals surface area (Å²) >= 11 is 1.62. The Balaban J connectivity index is 1.26. The van der Waals surface area contributed by atoms with Gasteiger partial charge in [-0.1, -0.05) is 59.8 Å². The molecular weight excluding hydrogens is 430 g/mol. The molecule has 0 atom stereocenters. The number of nitrogens with zero attached hydrogens (tertiary/aromatic N) is 2. The maximum Gasteiger partial charge on any atom is 0.226 e. The third kappa shape index (κ3) is 4.56. The molecule has 0 fully saturated rings. The molecule has 3 aromatic carbocycles. The van der Waals surface area contributed by atoms with Gasteiger partial charge >= 0.3 is 0 Å². The number of benzene rings is 3. The lowest BCUT2D eigenvalue weighted by Gasteiger charge is -2.06. The summed E-state index contributed by atoms with van der Waals surface area (Å²) < 4.78 is 5.46. The van der Waals surface area contributed by atoms with Crippen molar-refractivity contribution in [2.45, 2.75) is 26.8 Å². The van der Waals surface area contributed by atoms with Crippen molar-refractivity contribution in [1.82, 2.24) is 15.5 Å². The molecule has 0 aliphatic heterocycles. The van der Waals surface area contributed by atoms with Crippen LogP contribution in [0, 0.1) is 13.8 Å². The summed E-state index contributed by atoms with van der Waals surface area (Å²) in [6, 6.07) is 22.3. The van der Waals surface area contributed by atoms with Gasteiger partial charge in [-0.15, -0.1) is 11.3 Å². The number of carbonyl (C=O) groups is 1. The largest absolute Gasteiger partial charge is 0.356 e. The Kier molecular flexibility index (Phi) is 5.75. The molecule has 2 aromatic heterocycles. The summed E-state index contributed by atoms with van der Waals surface area (Å²) in [5.41, 5.74) is 7.71. The molecule has 164 valence electrons. The molecule has 2 heterocycles. The molecule has 5 nitrogen and oxygen atoms in total. The van der Waals surface area contributed by atoms with E-state index in [-0.39, 0.29) is 12.3 Å². The molecule has 0 spiro atoms. The summed E-state index contributed by atoms with van der Waals surface area (Å²) in [6.45, 7) is 4.46. The lowest BCUT2D eigenvalue weighted by Crippen LogP contribution is -2.24. The molecule has 5 aromatic rings. The summed E-state index contributed by atoms with van der Waals surface area (Å²) in [4.78, 5) is 17.4. The number of rotatable bonds is 6. The predicted molar refractivity (Wildman–Crippen MR) is 132 cm³/mol. The zero-order valence-electron chi connectivity index (χ0n) is 18.5. The summed E-state index contributed by atoms with van der Waals surface area (Å²) in [5.74, 6) is -0.0876. The van der Waals surface area contributed by atoms with E-state index in [4.69, 9.17) is 9.51 Å². The monoisotopic (exact) mass is 453 g/mol. The molecule has 5 rings (SSSR count). The van der Waals surface area contributed by atoms with Crippen molar-refractivity contribution in [2.75, 3.05) is 0 Å². The number of aromatic nitrogens is 2. The maximum atomic E-state index is 12.6. The summed E-state index contributed by atoms with van der Waals surface area (Å²) in [7, 11) is 0. The van der Waals surface area contributed by atoms with Crippen molar-refractivity contribution in [3.05, 3.63) is 94.5 Å². The van der Waals surface area contributed by atoms with Crippen molar-refractivity contribution in [1.29, 1.82) is 0 Å². The molecule has 1 N–H and O–H groups in total. The molecule has 0 aliphatic carbocycles. The van der Waals surface area contributed by atoms with E-state index >= 15 is 0 Å². The molecular formula is C27H23N3O2S. The minimum Gasteiger partial charge on any atom is -0.356 e. The van der Waals surface area contributed by atoms with Gasteiger partial charge in [0.25, 0.3) is 0 Å². The van der Waals surface area contributed by atoms with Gasteiger partial charge in [-0.3, -0.25) is 4.79 Å². The van der Waals surface area contributed by atoms with Gasteiger partial charge in [0.2, 0.25) is 5.91 Å². The van der Waals surface area contributed by atoms with E-state index in [0.717, 1.165) is 49.5 Å². The predicted octanol–water partition coefficient (Wildman–Crippen LogP) is 6.09. The minimum atomic E-state index is -0.0876. The number of fused-ring (bicyclic) bond motifs is 1. The number of carbonyl (C=O) groups excluding carboxylic acids is 1. The SMILES string of the molecule is Cc1cc(C)c2onc(CC(=O)NCc3cccc(-c4nc(-c5ccccc5)cs4)c3)c2c1. The smallest absolute Gasteiger partial charge is 0.226 e. The average Bonchev–Trinajstić information content (AvgIpc) is 3.47. The lowest BCUT2D eigenvalue weighted by molar-refractivity contribution is -0.120. The van der Waals surface area contributed by atoms with Crippen LogP contribution in [-0.4, -0.2) is 16.0 Å². The highest BCUT2D eigenvalue weighted by atomic mass is 32.1. The highest BCUT2D eigenvalue weighted by Crippen LogP contribution is 2.29. The van der Waals surface area contributed by atoms with E-state index in [9.17, 15) is 4.79 Å². The highest BCUT2D eigenvalue weighted by molar-refractivity contribution is 7.13. The topological polar surface area (TPSA) is 68.0 Å². The van der Waals surface area contributed by atoms with Gasteiger partial charge in [0.1, 0.15) is 10.7 Å². The van der Waals surface area contributed by atoms with Gasteiger partial charge in [-0.25, -0.2) is 4.98 Å². The van der Waals surface area contributed by atoms with Crippen molar-refractivity contribution < 1.29 is 9.32 Å². The van der Waals surface area contributed by atoms with Crippen molar-refractivity contribution in [2.24, 2.45) is 0 Å². The summed E-state index contributed by atoms with van der Waals surface area (Å²) in [5, 5.41) is 11.1. The zero-order chi connectivity index (χ0) is 22.8. The second-order valence-corrected chi connectivity index (χ2v) is 9.00. The maximum absolute atomic E-state index is 12.6. The fourth-order valence-corrected chi connectivity index (χ4v) is 4.77. The van der Waals surface area contributed by atoms with Crippen LogP contribution in [0.1, 0.15) is 22.4 Å². The zero-order valence-corrected chi connectivity index (χ0v) is 19.3. The molecule has 0 aliphatic rings. The molecule has 0 bridgehead atoms. The highest BCUT2D eigenvalue weighted by Gasteiger charge is 2.14. The van der Waals surface area contributed by atoms with Crippen LogP contribution < -0.4 is 5.32 Å². The normalized spacial score (nSPS) is 11.1. The van der Waals surface area contributed by atoms with Crippen LogP contribution in [0.4, 0.5) is 0 Å². The van der Waals surface area contributed by atoms with Gasteiger partial charge < -0.3 is 9.84 Å². The van der Waals surface area contributed by atoms with Crippen molar-refractivity contribution in [3.8, 4) is 21.8 Å². The molecule has 33 heavy (non-hydrogen) atoms. The summed E-state index contributed by atoms with van der Waals surface area (Å²) in [6.07, 6.45) is 0.183. The van der Waals surface area contributed by atoms with Crippen LogP contribution in [-0.2, 0) is 17.8 Å². The number of nitrogens with one attached hydrogen (secondary N) is 1. The quantitative estimate of drug-likeness (QED) is 0.338. The van der Waals surface area contributed by atoms with Crippen LogP contribution in [0.25, 0.3) is 32.8 Å². The first kappa shape index (κ1) is 21.1. The minimum absolute atomic E-state index is 0.0876. The van der Waals surface area contributed by atoms with Crippen LogP contribution in [0.2, 0.25) is 0 Å². The van der Waals surface area contributed by atoms with E-state index in [1.807, 2.05) is 56.3 Å². The van der Waals surface area contributed by atoms with Gasteiger partial charge in [-0.05, 0) is 42.7 Å². The number of aryl methyl sites for hydroxylation is 2. The third-order valence-corrected chi connectivity index (χ3v) is 6.43. The van der Waals surface area contributed by atoms with E-state index in [2.05, 4.69) is 40.1 Å². The lowest BCUT2D eigenvalue weighted by atomic mass is 10.1. The number of hydrogen-bond donors (Lipinski definition) is 1. The van der Waals surface area contributed by atoms with E-state index in [1.54, 1.807) is 11.3 Å². The van der Waals surface area contributed by atoms with Gasteiger partial charge in [-0.2, -0.15) is 0 Å². The van der Waals surface area contributed by atoms with Crippen LogP contribution >= 0.6 is 11.3 Å². The Hall–Kier alpha value is -3.77. The Labute approximate surface area is 196 Å². The first-order valence-electron chi connectivity index (χ1n) is 10.8. The van der Waals surface area contributed by atoms with Crippen LogP contribution in [0.5, 0.6) is 0 Å². The fourth-order valence-electron chi connectivity index (χ4n) is 3.94. The molecule has 0 radical (unpaired) electrons. The van der Waals surface area contributed by atoms with E-state index in [0.29, 0.717) is 12.2 Å². The molecule has 0 saturated carbocycles. The number of thiazole rings is 1. The Morgan fingerprint density at radius 3 is 2.67 bits per heavy atom. The second-order valence-electron chi connectivity index (χ2n) is 8.15. The molecule has 1 amide bonds. The van der Waals surface area contributed by atoms with Crippen LogP contribution in [0.3, 0.4) is 0 Å². The van der Waals surface area contributed by atoms with Gasteiger partial charge in [0.15, 0.2) is 5.58 Å². The van der Waals surface area contributed by atoms with Gasteiger partial charge in [0.05, 0.1) is 12.1 Å². The molecule has 0 saturated heterocycles. The number of amides is 1. The third-order valence-electron chi connectivity index (χ3n) is 5.54.